The number of benzene rings is 1. The number of hydrogen-bond donors (Lipinski definition) is 2. The molecular formula is C9H10N2O3S. The number of primary sulfonamides is 1. The number of aryl methyl sites for hydroxylation is 1. The van der Waals surface area contributed by atoms with Crippen LogP contribution in [0.1, 0.15) is 12.0 Å². The molecule has 0 radical (unpaired) electrons. The third kappa shape index (κ3) is 2.00. The maximum atomic E-state index is 11.1. The van der Waals surface area contributed by atoms with E-state index in [0.717, 1.165) is 5.56 Å². The summed E-state index contributed by atoms with van der Waals surface area (Å²) in [5.41, 5.74) is 1.47. The molecule has 0 unspecified atom stereocenters. The first-order valence-electron chi connectivity index (χ1n) is 4.42. The summed E-state index contributed by atoms with van der Waals surface area (Å²) in [4.78, 5) is 11.1. The van der Waals surface area contributed by atoms with Gasteiger partial charge in [0.15, 0.2) is 0 Å². The molecule has 2 rings (SSSR count). The summed E-state index contributed by atoms with van der Waals surface area (Å²) >= 11 is 0. The van der Waals surface area contributed by atoms with Crippen LogP contribution < -0.4 is 10.5 Å². The van der Waals surface area contributed by atoms with Crippen molar-refractivity contribution in [2.45, 2.75) is 17.7 Å². The van der Waals surface area contributed by atoms with Gasteiger partial charge in [-0.2, -0.15) is 0 Å². The van der Waals surface area contributed by atoms with Gasteiger partial charge in [-0.1, -0.05) is 0 Å². The standard InChI is InChI=1S/C9H10N2O3S/c10-15(13,14)7-2-3-8-6(5-7)1-4-9(12)11-8/h2-3,5H,1,4H2,(H,11,12)(H2,10,13,14). The molecule has 80 valence electrons. The topological polar surface area (TPSA) is 89.3 Å². The second-order valence-corrected chi connectivity index (χ2v) is 4.97. The van der Waals surface area contributed by atoms with Crippen LogP contribution in [0, 0.1) is 0 Å². The van der Waals surface area contributed by atoms with Gasteiger partial charge in [-0.25, -0.2) is 13.6 Å². The molecule has 0 spiro atoms. The number of nitrogens with two attached hydrogens (primary N) is 1. The molecule has 0 bridgehead atoms. The summed E-state index contributed by atoms with van der Waals surface area (Å²) in [6.45, 7) is 0. The number of anilines is 1. The van der Waals surface area contributed by atoms with E-state index in [1.807, 2.05) is 0 Å². The van der Waals surface area contributed by atoms with Crippen molar-refractivity contribution in [2.75, 3.05) is 5.32 Å². The number of amides is 1. The van der Waals surface area contributed by atoms with E-state index in [1.165, 1.54) is 12.1 Å². The van der Waals surface area contributed by atoms with Crippen molar-refractivity contribution >= 4 is 21.6 Å². The lowest BCUT2D eigenvalue weighted by atomic mass is 10.0. The average molecular weight is 226 g/mol. The molecule has 1 heterocycles. The van der Waals surface area contributed by atoms with Crippen molar-refractivity contribution in [3.8, 4) is 0 Å². The van der Waals surface area contributed by atoms with Gasteiger partial charge < -0.3 is 5.32 Å². The number of carbonyl (C=O) groups is 1. The number of hydrogen-bond acceptors (Lipinski definition) is 3. The predicted molar refractivity (Wildman–Crippen MR) is 54.8 cm³/mol. The molecular weight excluding hydrogens is 216 g/mol. The fourth-order valence-corrected chi connectivity index (χ4v) is 2.10. The summed E-state index contributed by atoms with van der Waals surface area (Å²) in [5.74, 6) is -0.0501. The van der Waals surface area contributed by atoms with Gasteiger partial charge in [-0.15, -0.1) is 0 Å². The Morgan fingerprint density at radius 2 is 2.00 bits per heavy atom. The Labute approximate surface area is 87.3 Å². The van der Waals surface area contributed by atoms with Crippen molar-refractivity contribution in [1.29, 1.82) is 0 Å². The SMILES string of the molecule is NS(=O)(=O)c1ccc2c(c1)CCC(=O)N2. The first kappa shape index (κ1) is 10.1. The van der Waals surface area contributed by atoms with Gasteiger partial charge in [0.2, 0.25) is 15.9 Å². The quantitative estimate of drug-likeness (QED) is 0.717. The second kappa shape index (κ2) is 3.32. The Bertz CT molecular complexity index is 522. The van der Waals surface area contributed by atoms with E-state index in [4.69, 9.17) is 5.14 Å². The highest BCUT2D eigenvalue weighted by molar-refractivity contribution is 7.89. The molecule has 5 nitrogen and oxygen atoms in total. The first-order valence-corrected chi connectivity index (χ1v) is 5.97. The first-order chi connectivity index (χ1) is 6.97. The van der Waals surface area contributed by atoms with Crippen LogP contribution in [0.5, 0.6) is 0 Å². The Morgan fingerprint density at radius 3 is 2.67 bits per heavy atom. The highest BCUT2D eigenvalue weighted by atomic mass is 32.2. The maximum absolute atomic E-state index is 11.1. The largest absolute Gasteiger partial charge is 0.326 e. The van der Waals surface area contributed by atoms with E-state index in [-0.39, 0.29) is 10.8 Å². The number of sulfonamides is 1. The summed E-state index contributed by atoms with van der Waals surface area (Å²) in [5, 5.41) is 7.67. The Balaban J connectivity index is 2.48. The predicted octanol–water partition coefficient (Wildman–Crippen LogP) is 0.219. The molecule has 1 aromatic carbocycles. The normalized spacial score (nSPS) is 15.7. The second-order valence-electron chi connectivity index (χ2n) is 3.41. The van der Waals surface area contributed by atoms with Crippen molar-refractivity contribution in [3.05, 3.63) is 23.8 Å². The van der Waals surface area contributed by atoms with E-state index in [2.05, 4.69) is 5.32 Å². The highest BCUT2D eigenvalue weighted by Gasteiger charge is 2.17. The van der Waals surface area contributed by atoms with Gasteiger partial charge in [0.05, 0.1) is 4.90 Å². The molecule has 0 atom stereocenters. The molecule has 6 heteroatoms. The molecule has 1 aromatic rings. The minimum Gasteiger partial charge on any atom is -0.326 e. The molecule has 15 heavy (non-hydrogen) atoms. The number of nitrogens with one attached hydrogen (secondary N) is 1. The molecule has 3 N–H and O–H groups in total. The van der Waals surface area contributed by atoms with Crippen LogP contribution in [0.3, 0.4) is 0 Å². The lowest BCUT2D eigenvalue weighted by Gasteiger charge is -2.16. The van der Waals surface area contributed by atoms with E-state index < -0.39 is 10.0 Å². The van der Waals surface area contributed by atoms with E-state index in [9.17, 15) is 13.2 Å². The Hall–Kier alpha value is -1.40. The van der Waals surface area contributed by atoms with E-state index in [1.54, 1.807) is 6.07 Å². The lowest BCUT2D eigenvalue weighted by molar-refractivity contribution is -0.116. The zero-order valence-corrected chi connectivity index (χ0v) is 8.67. The smallest absolute Gasteiger partial charge is 0.238 e. The maximum Gasteiger partial charge on any atom is 0.238 e. The minimum absolute atomic E-state index is 0.0501. The van der Waals surface area contributed by atoms with Crippen LogP contribution in [0.25, 0.3) is 0 Å². The lowest BCUT2D eigenvalue weighted by Crippen LogP contribution is -2.20. The summed E-state index contributed by atoms with van der Waals surface area (Å²) in [6.07, 6.45) is 0.922. The molecule has 0 saturated heterocycles. The third-order valence-corrected chi connectivity index (χ3v) is 3.21. The number of rotatable bonds is 1. The zero-order chi connectivity index (χ0) is 11.1. The fourth-order valence-electron chi connectivity index (χ4n) is 1.54. The molecule has 1 aliphatic heterocycles. The van der Waals surface area contributed by atoms with E-state index in [0.29, 0.717) is 18.5 Å². The highest BCUT2D eigenvalue weighted by Crippen LogP contribution is 2.24. The summed E-state index contributed by atoms with van der Waals surface area (Å²) in [6, 6.07) is 4.45. The average Bonchev–Trinajstić information content (AvgIpc) is 2.15. The summed E-state index contributed by atoms with van der Waals surface area (Å²) in [7, 11) is -3.66. The molecule has 0 saturated carbocycles. The molecule has 0 fully saturated rings. The van der Waals surface area contributed by atoms with Crippen molar-refractivity contribution in [3.63, 3.8) is 0 Å². The number of fused-ring (bicyclic) bond motifs is 1. The van der Waals surface area contributed by atoms with E-state index >= 15 is 0 Å². The van der Waals surface area contributed by atoms with Gasteiger partial charge in [-0.05, 0) is 30.2 Å². The molecule has 0 aromatic heterocycles. The van der Waals surface area contributed by atoms with Gasteiger partial charge in [-0.3, -0.25) is 4.79 Å². The summed E-state index contributed by atoms with van der Waals surface area (Å²) < 4.78 is 22.1. The van der Waals surface area contributed by atoms with Gasteiger partial charge in [0.25, 0.3) is 0 Å². The van der Waals surface area contributed by atoms with Crippen molar-refractivity contribution in [2.24, 2.45) is 5.14 Å². The minimum atomic E-state index is -3.66. The third-order valence-electron chi connectivity index (χ3n) is 2.30. The fraction of sp³-hybridized carbons (Fsp3) is 0.222. The Kier molecular flexibility index (Phi) is 2.24. The Morgan fingerprint density at radius 1 is 1.27 bits per heavy atom. The molecule has 1 aliphatic rings. The van der Waals surface area contributed by atoms with Gasteiger partial charge in [0.1, 0.15) is 0 Å². The van der Waals surface area contributed by atoms with Crippen molar-refractivity contribution in [1.82, 2.24) is 0 Å². The monoisotopic (exact) mass is 226 g/mol. The van der Waals surface area contributed by atoms with Crippen LogP contribution >= 0.6 is 0 Å². The molecule has 0 aliphatic carbocycles. The van der Waals surface area contributed by atoms with Crippen LogP contribution in [0.2, 0.25) is 0 Å². The van der Waals surface area contributed by atoms with Crippen LogP contribution in [-0.4, -0.2) is 14.3 Å². The number of carbonyl (C=O) groups excluding carboxylic acids is 1. The van der Waals surface area contributed by atoms with Crippen LogP contribution in [0.15, 0.2) is 23.1 Å². The molecule has 1 amide bonds. The van der Waals surface area contributed by atoms with Crippen LogP contribution in [-0.2, 0) is 21.2 Å². The zero-order valence-electron chi connectivity index (χ0n) is 7.86. The van der Waals surface area contributed by atoms with Crippen molar-refractivity contribution < 1.29 is 13.2 Å². The van der Waals surface area contributed by atoms with Gasteiger partial charge in [0, 0.05) is 12.1 Å². The van der Waals surface area contributed by atoms with Gasteiger partial charge >= 0.3 is 0 Å². The van der Waals surface area contributed by atoms with Crippen LogP contribution in [0.4, 0.5) is 5.69 Å².